The Bertz CT molecular complexity index is 508. The van der Waals surface area contributed by atoms with Crippen molar-refractivity contribution in [3.63, 3.8) is 0 Å². The van der Waals surface area contributed by atoms with Gasteiger partial charge in [-0.3, -0.25) is 10.1 Å². The fraction of sp³-hybridized carbons (Fsp3) is 0.385. The van der Waals surface area contributed by atoms with Crippen molar-refractivity contribution in [3.8, 4) is 0 Å². The van der Waals surface area contributed by atoms with E-state index in [1.54, 1.807) is 19.2 Å². The van der Waals surface area contributed by atoms with Gasteiger partial charge in [0.05, 0.1) is 0 Å². The second-order valence-electron chi connectivity index (χ2n) is 4.50. The monoisotopic (exact) mass is 286 g/mol. The van der Waals surface area contributed by atoms with Crippen molar-refractivity contribution in [3.05, 3.63) is 35.4 Å². The Labute approximate surface area is 115 Å². The number of quaternary nitrogens is 1. The minimum atomic E-state index is -0.660. The highest BCUT2D eigenvalue weighted by molar-refractivity contribution is 5.95. The third-order valence-electron chi connectivity index (χ3n) is 2.91. The Morgan fingerprint density at radius 1 is 1.25 bits per heavy atom. The molecule has 0 heterocycles. The quantitative estimate of drug-likeness (QED) is 0.751. The molecule has 1 aromatic carbocycles. The van der Waals surface area contributed by atoms with Gasteiger partial charge in [0.25, 0.3) is 5.91 Å². The Hall–Kier alpha value is -2.02. The highest BCUT2D eigenvalue weighted by Gasteiger charge is 2.23. The van der Waals surface area contributed by atoms with Gasteiger partial charge in [0, 0.05) is 18.7 Å². The summed E-state index contributed by atoms with van der Waals surface area (Å²) in [5.74, 6) is -1.80. The second kappa shape index (κ2) is 6.95. The molecule has 110 valence electrons. The van der Waals surface area contributed by atoms with Crippen molar-refractivity contribution in [1.29, 1.82) is 0 Å². The zero-order chi connectivity index (χ0) is 15.3. The second-order valence-corrected chi connectivity index (χ2v) is 4.50. The molecule has 4 N–H and O–H groups in total. The van der Waals surface area contributed by atoms with Gasteiger partial charge in [0.2, 0.25) is 0 Å². The van der Waals surface area contributed by atoms with Crippen molar-refractivity contribution < 1.29 is 23.7 Å². The topological polar surface area (TPSA) is 74.8 Å². The van der Waals surface area contributed by atoms with E-state index in [-0.39, 0.29) is 6.04 Å². The molecule has 0 fully saturated rings. The number of imide groups is 1. The summed E-state index contributed by atoms with van der Waals surface area (Å²) in [4.78, 5) is 22.7. The first-order valence-electron chi connectivity index (χ1n) is 6.17. The summed E-state index contributed by atoms with van der Waals surface area (Å²) >= 11 is 0. The third-order valence-corrected chi connectivity index (χ3v) is 2.91. The molecule has 0 aliphatic heterocycles. The van der Waals surface area contributed by atoms with Gasteiger partial charge in [-0.1, -0.05) is 0 Å². The lowest BCUT2D eigenvalue weighted by molar-refractivity contribution is -0.710. The normalized spacial score (nSPS) is 13.4. The number of hydrogen-bond acceptors (Lipinski definition) is 2. The van der Waals surface area contributed by atoms with Crippen molar-refractivity contribution in [2.45, 2.75) is 25.9 Å². The number of hydrogen-bond donors (Lipinski definition) is 3. The van der Waals surface area contributed by atoms with Crippen LogP contribution in [0.2, 0.25) is 0 Å². The molecule has 2 atom stereocenters. The van der Waals surface area contributed by atoms with Crippen LogP contribution in [-0.2, 0) is 4.79 Å². The van der Waals surface area contributed by atoms with Gasteiger partial charge in [-0.25, -0.2) is 13.6 Å². The van der Waals surface area contributed by atoms with Gasteiger partial charge in [-0.05, 0) is 26.0 Å². The summed E-state index contributed by atoms with van der Waals surface area (Å²) in [7, 11) is 1.40. The van der Waals surface area contributed by atoms with Crippen molar-refractivity contribution in [1.82, 2.24) is 10.6 Å². The first-order valence-corrected chi connectivity index (χ1v) is 6.17. The van der Waals surface area contributed by atoms with E-state index in [9.17, 15) is 18.4 Å². The van der Waals surface area contributed by atoms with E-state index >= 15 is 0 Å². The zero-order valence-electron chi connectivity index (χ0n) is 11.5. The van der Waals surface area contributed by atoms with Crippen molar-refractivity contribution >= 4 is 11.9 Å². The molecular formula is C13H18F2N3O2+. The number of nitrogens with two attached hydrogens (primary N) is 1. The van der Waals surface area contributed by atoms with E-state index in [0.717, 1.165) is 12.1 Å². The highest BCUT2D eigenvalue weighted by atomic mass is 19.1. The summed E-state index contributed by atoms with van der Waals surface area (Å²) in [6.45, 7) is 3.29. The number of carbonyl (C=O) groups is 2. The lowest BCUT2D eigenvalue weighted by Crippen LogP contribution is -2.92. The number of nitrogens with one attached hydrogen (secondary N) is 2. The van der Waals surface area contributed by atoms with E-state index in [4.69, 9.17) is 0 Å². The van der Waals surface area contributed by atoms with Gasteiger partial charge in [0.1, 0.15) is 17.7 Å². The van der Waals surface area contributed by atoms with Crippen LogP contribution in [0, 0.1) is 11.6 Å². The summed E-state index contributed by atoms with van der Waals surface area (Å²) in [6.07, 6.45) is 0. The van der Waals surface area contributed by atoms with Crippen LogP contribution in [0.5, 0.6) is 0 Å². The average Bonchev–Trinajstić information content (AvgIpc) is 2.37. The Balaban J connectivity index is 2.67. The molecule has 0 saturated heterocycles. The number of amides is 3. The molecule has 0 unspecified atom stereocenters. The van der Waals surface area contributed by atoms with Crippen LogP contribution in [0.4, 0.5) is 13.6 Å². The minimum absolute atomic E-state index is 0.297. The molecule has 3 amide bonds. The largest absolute Gasteiger partial charge is 0.341 e. The van der Waals surface area contributed by atoms with E-state index in [1.807, 2.05) is 0 Å². The number of urea groups is 1. The highest BCUT2D eigenvalue weighted by Crippen LogP contribution is 2.14. The molecule has 0 aliphatic carbocycles. The molecule has 20 heavy (non-hydrogen) atoms. The molecule has 0 spiro atoms. The zero-order valence-corrected chi connectivity index (χ0v) is 11.5. The molecule has 7 heteroatoms. The average molecular weight is 286 g/mol. The lowest BCUT2D eigenvalue weighted by Gasteiger charge is -2.16. The summed E-state index contributed by atoms with van der Waals surface area (Å²) < 4.78 is 26.4. The summed E-state index contributed by atoms with van der Waals surface area (Å²) in [5, 5.41) is 5.99. The Kier molecular flexibility index (Phi) is 5.57. The maximum atomic E-state index is 13.6. The molecule has 5 nitrogen and oxygen atoms in total. The molecule has 0 aliphatic rings. The Morgan fingerprint density at radius 3 is 2.45 bits per heavy atom. The van der Waals surface area contributed by atoms with Crippen LogP contribution in [-0.4, -0.2) is 25.0 Å². The molecule has 0 aromatic heterocycles. The molecule has 0 saturated carbocycles. The molecule has 0 radical (unpaired) electrons. The predicted molar refractivity (Wildman–Crippen MR) is 68.8 cm³/mol. The maximum absolute atomic E-state index is 13.6. The van der Waals surface area contributed by atoms with Crippen LogP contribution in [0.25, 0.3) is 0 Å². The first-order chi connectivity index (χ1) is 9.35. The summed E-state index contributed by atoms with van der Waals surface area (Å²) in [6, 6.07) is 1.73. The number of benzene rings is 1. The van der Waals surface area contributed by atoms with Gasteiger partial charge in [0.15, 0.2) is 6.04 Å². The molecular weight excluding hydrogens is 268 g/mol. The van der Waals surface area contributed by atoms with Crippen LogP contribution < -0.4 is 16.0 Å². The fourth-order valence-corrected chi connectivity index (χ4v) is 1.78. The van der Waals surface area contributed by atoms with E-state index in [0.29, 0.717) is 5.56 Å². The Morgan fingerprint density at radius 2 is 1.90 bits per heavy atom. The maximum Gasteiger partial charge on any atom is 0.321 e. The molecule has 1 aromatic rings. The van der Waals surface area contributed by atoms with E-state index in [2.05, 4.69) is 10.6 Å². The number of carbonyl (C=O) groups excluding carboxylic acids is 2. The van der Waals surface area contributed by atoms with Gasteiger partial charge < -0.3 is 10.6 Å². The van der Waals surface area contributed by atoms with Crippen molar-refractivity contribution in [2.24, 2.45) is 0 Å². The third kappa shape index (κ3) is 4.27. The van der Waals surface area contributed by atoms with Crippen LogP contribution in [0.1, 0.15) is 25.5 Å². The smallest absolute Gasteiger partial charge is 0.321 e. The van der Waals surface area contributed by atoms with E-state index < -0.39 is 29.6 Å². The summed E-state index contributed by atoms with van der Waals surface area (Å²) in [5.41, 5.74) is 0.297. The van der Waals surface area contributed by atoms with Gasteiger partial charge in [-0.15, -0.1) is 0 Å². The molecule has 0 bridgehead atoms. The number of halogens is 2. The predicted octanol–water partition coefficient (Wildman–Crippen LogP) is 0.433. The lowest BCUT2D eigenvalue weighted by atomic mass is 10.1. The van der Waals surface area contributed by atoms with Crippen LogP contribution in [0.15, 0.2) is 18.2 Å². The first kappa shape index (κ1) is 16.0. The SMILES string of the molecule is CNC(=O)NC(=O)[C@H](C)[NH2+][C@H](C)c1ccc(F)cc1F. The van der Waals surface area contributed by atoms with Crippen LogP contribution in [0.3, 0.4) is 0 Å². The minimum Gasteiger partial charge on any atom is -0.341 e. The van der Waals surface area contributed by atoms with E-state index in [1.165, 1.54) is 13.1 Å². The fourth-order valence-electron chi connectivity index (χ4n) is 1.78. The van der Waals surface area contributed by atoms with Crippen LogP contribution >= 0.6 is 0 Å². The molecule has 1 rings (SSSR count). The number of rotatable bonds is 4. The van der Waals surface area contributed by atoms with Gasteiger partial charge >= 0.3 is 6.03 Å². The van der Waals surface area contributed by atoms with Gasteiger partial charge in [-0.2, -0.15) is 0 Å². The standard InChI is InChI=1S/C13H17F2N3O2/c1-7(10-5-4-9(14)6-11(10)15)17-8(2)12(19)18-13(20)16-3/h4-8,17H,1-3H3,(H2,16,18,19,20)/p+1/t7-,8+/m1/s1. The van der Waals surface area contributed by atoms with Crippen molar-refractivity contribution in [2.75, 3.05) is 7.05 Å².